The average Bonchev–Trinajstić information content (AvgIpc) is 2.75. The molecule has 2 heterocycles. The zero-order chi connectivity index (χ0) is 10.0. The molecule has 0 aliphatic carbocycles. The first-order valence-corrected chi connectivity index (χ1v) is 5.75. The molecule has 0 aromatic carbocycles. The first-order chi connectivity index (χ1) is 6.72. The molecule has 0 aromatic rings. The quantitative estimate of drug-likeness (QED) is 0.727. The van der Waals surface area contributed by atoms with Crippen molar-refractivity contribution in [1.29, 1.82) is 0 Å². The third-order valence-corrected chi connectivity index (χ3v) is 3.54. The minimum atomic E-state index is 0.141. The van der Waals surface area contributed by atoms with Crippen LogP contribution in [-0.4, -0.2) is 49.8 Å². The maximum atomic E-state index is 5.81. The van der Waals surface area contributed by atoms with Crippen molar-refractivity contribution in [3.05, 3.63) is 0 Å². The summed E-state index contributed by atoms with van der Waals surface area (Å²) in [7, 11) is 2.06. The van der Waals surface area contributed by atoms with Gasteiger partial charge in [0.05, 0.1) is 5.60 Å². The molecule has 2 saturated heterocycles. The molecule has 2 aliphatic heterocycles. The second-order valence-corrected chi connectivity index (χ2v) is 4.91. The number of hydrogen-bond acceptors (Lipinski definition) is 3. The monoisotopic (exact) mass is 198 g/mol. The summed E-state index contributed by atoms with van der Waals surface area (Å²) in [5.74, 6) is 0. The highest BCUT2D eigenvalue weighted by molar-refractivity contribution is 4.88. The molecule has 0 aromatic heterocycles. The number of nitrogens with one attached hydrogen (secondary N) is 1. The molecule has 2 rings (SSSR count). The number of hydrogen-bond donors (Lipinski definition) is 1. The topological polar surface area (TPSA) is 24.5 Å². The van der Waals surface area contributed by atoms with E-state index in [0.29, 0.717) is 6.04 Å². The standard InChI is InChI=1S/C11H22N2O/c1-11(5-3-7-14-11)9-13-6-4-10(8-13)12-2/h10,12H,3-9H2,1-2H3. The lowest BCUT2D eigenvalue weighted by atomic mass is 10.0. The van der Waals surface area contributed by atoms with E-state index >= 15 is 0 Å². The van der Waals surface area contributed by atoms with Crippen LogP contribution in [-0.2, 0) is 4.74 Å². The molecule has 82 valence electrons. The van der Waals surface area contributed by atoms with Gasteiger partial charge in [-0.15, -0.1) is 0 Å². The molecule has 0 spiro atoms. The second kappa shape index (κ2) is 4.17. The van der Waals surface area contributed by atoms with Crippen molar-refractivity contribution in [3.63, 3.8) is 0 Å². The minimum absolute atomic E-state index is 0.141. The summed E-state index contributed by atoms with van der Waals surface area (Å²) < 4.78 is 5.81. The van der Waals surface area contributed by atoms with Crippen LogP contribution in [0.3, 0.4) is 0 Å². The third kappa shape index (κ3) is 2.27. The molecule has 2 atom stereocenters. The predicted molar refractivity (Wildman–Crippen MR) is 57.5 cm³/mol. The molecular formula is C11H22N2O. The summed E-state index contributed by atoms with van der Waals surface area (Å²) in [4.78, 5) is 2.53. The number of rotatable bonds is 3. The third-order valence-electron chi connectivity index (χ3n) is 3.54. The summed E-state index contributed by atoms with van der Waals surface area (Å²) in [5, 5.41) is 3.35. The summed E-state index contributed by atoms with van der Waals surface area (Å²) in [6.07, 6.45) is 3.75. The summed E-state index contributed by atoms with van der Waals surface area (Å²) in [6.45, 7) is 6.75. The van der Waals surface area contributed by atoms with Crippen LogP contribution in [0.1, 0.15) is 26.2 Å². The van der Waals surface area contributed by atoms with Crippen LogP contribution in [0.25, 0.3) is 0 Å². The van der Waals surface area contributed by atoms with Gasteiger partial charge >= 0.3 is 0 Å². The van der Waals surface area contributed by atoms with E-state index in [4.69, 9.17) is 4.74 Å². The van der Waals surface area contributed by atoms with Gasteiger partial charge in [-0.1, -0.05) is 0 Å². The number of likely N-dealkylation sites (N-methyl/N-ethyl adjacent to an activating group) is 1. The molecule has 2 unspecified atom stereocenters. The Balaban J connectivity index is 1.80. The molecule has 0 radical (unpaired) electrons. The fraction of sp³-hybridized carbons (Fsp3) is 1.00. The molecular weight excluding hydrogens is 176 g/mol. The first kappa shape index (κ1) is 10.4. The molecule has 3 heteroatoms. The van der Waals surface area contributed by atoms with Gasteiger partial charge in [0.15, 0.2) is 0 Å². The van der Waals surface area contributed by atoms with Crippen molar-refractivity contribution < 1.29 is 4.74 Å². The van der Waals surface area contributed by atoms with Gasteiger partial charge < -0.3 is 10.1 Å². The highest BCUT2D eigenvalue weighted by Gasteiger charge is 2.34. The Hall–Kier alpha value is -0.120. The lowest BCUT2D eigenvalue weighted by molar-refractivity contribution is -0.00433. The van der Waals surface area contributed by atoms with Gasteiger partial charge in [0.2, 0.25) is 0 Å². The zero-order valence-corrected chi connectivity index (χ0v) is 9.38. The SMILES string of the molecule is CNC1CCN(CC2(C)CCCO2)C1. The van der Waals surface area contributed by atoms with Gasteiger partial charge in [-0.05, 0) is 39.8 Å². The highest BCUT2D eigenvalue weighted by Crippen LogP contribution is 2.27. The Morgan fingerprint density at radius 2 is 2.43 bits per heavy atom. The molecule has 1 N–H and O–H groups in total. The largest absolute Gasteiger partial charge is 0.374 e. The van der Waals surface area contributed by atoms with Crippen LogP contribution < -0.4 is 5.32 Å². The second-order valence-electron chi connectivity index (χ2n) is 4.91. The maximum absolute atomic E-state index is 5.81. The van der Waals surface area contributed by atoms with Crippen molar-refractivity contribution in [2.45, 2.75) is 37.8 Å². The lowest BCUT2D eigenvalue weighted by Crippen LogP contribution is -2.40. The molecule has 2 aliphatic rings. The summed E-state index contributed by atoms with van der Waals surface area (Å²) in [6, 6.07) is 0.694. The number of ether oxygens (including phenoxy) is 1. The van der Waals surface area contributed by atoms with Crippen molar-refractivity contribution in [1.82, 2.24) is 10.2 Å². The van der Waals surface area contributed by atoms with Crippen LogP contribution in [0.5, 0.6) is 0 Å². The van der Waals surface area contributed by atoms with E-state index < -0.39 is 0 Å². The molecule has 0 amide bonds. The van der Waals surface area contributed by atoms with E-state index in [-0.39, 0.29) is 5.60 Å². The lowest BCUT2D eigenvalue weighted by Gasteiger charge is -2.29. The van der Waals surface area contributed by atoms with E-state index in [1.165, 1.54) is 32.4 Å². The average molecular weight is 198 g/mol. The molecule has 14 heavy (non-hydrogen) atoms. The van der Waals surface area contributed by atoms with E-state index in [2.05, 4.69) is 24.2 Å². The van der Waals surface area contributed by atoms with Crippen molar-refractivity contribution >= 4 is 0 Å². The maximum Gasteiger partial charge on any atom is 0.0781 e. The molecule has 2 fully saturated rings. The van der Waals surface area contributed by atoms with E-state index in [1.807, 2.05) is 0 Å². The van der Waals surface area contributed by atoms with Gasteiger partial charge in [-0.25, -0.2) is 0 Å². The van der Waals surface area contributed by atoms with E-state index in [9.17, 15) is 0 Å². The molecule has 0 bridgehead atoms. The van der Waals surface area contributed by atoms with E-state index in [1.54, 1.807) is 0 Å². The summed E-state index contributed by atoms with van der Waals surface area (Å²) >= 11 is 0. The molecule has 3 nitrogen and oxygen atoms in total. The normalized spacial score (nSPS) is 39.4. The zero-order valence-electron chi connectivity index (χ0n) is 9.38. The summed E-state index contributed by atoms with van der Waals surface area (Å²) in [5.41, 5.74) is 0.141. The van der Waals surface area contributed by atoms with Crippen LogP contribution >= 0.6 is 0 Å². The first-order valence-electron chi connectivity index (χ1n) is 5.75. The van der Waals surface area contributed by atoms with Gasteiger partial charge in [-0.2, -0.15) is 0 Å². The van der Waals surface area contributed by atoms with Crippen molar-refractivity contribution in [3.8, 4) is 0 Å². The van der Waals surface area contributed by atoms with Gasteiger partial charge in [0, 0.05) is 25.7 Å². The van der Waals surface area contributed by atoms with Crippen molar-refractivity contribution in [2.24, 2.45) is 0 Å². The van der Waals surface area contributed by atoms with Gasteiger partial charge in [0.25, 0.3) is 0 Å². The Morgan fingerprint density at radius 1 is 1.57 bits per heavy atom. The smallest absolute Gasteiger partial charge is 0.0781 e. The Morgan fingerprint density at radius 3 is 3.00 bits per heavy atom. The highest BCUT2D eigenvalue weighted by atomic mass is 16.5. The van der Waals surface area contributed by atoms with Crippen LogP contribution in [0.15, 0.2) is 0 Å². The van der Waals surface area contributed by atoms with E-state index in [0.717, 1.165) is 13.2 Å². The van der Waals surface area contributed by atoms with Gasteiger partial charge in [0.1, 0.15) is 0 Å². The van der Waals surface area contributed by atoms with Gasteiger partial charge in [-0.3, -0.25) is 4.90 Å². The van der Waals surface area contributed by atoms with Crippen LogP contribution in [0.2, 0.25) is 0 Å². The predicted octanol–water partition coefficient (Wildman–Crippen LogP) is 0.849. The fourth-order valence-electron chi connectivity index (χ4n) is 2.65. The minimum Gasteiger partial charge on any atom is -0.374 e. The Labute approximate surface area is 86.8 Å². The Kier molecular flexibility index (Phi) is 3.10. The Bertz CT molecular complexity index is 190. The van der Waals surface area contributed by atoms with Crippen LogP contribution in [0, 0.1) is 0 Å². The number of nitrogens with zero attached hydrogens (tertiary/aromatic N) is 1. The number of likely N-dealkylation sites (tertiary alicyclic amines) is 1. The van der Waals surface area contributed by atoms with Crippen molar-refractivity contribution in [2.75, 3.05) is 33.3 Å². The molecule has 0 saturated carbocycles. The van der Waals surface area contributed by atoms with Crippen LogP contribution in [0.4, 0.5) is 0 Å². The fourth-order valence-corrected chi connectivity index (χ4v) is 2.65.